The van der Waals surface area contributed by atoms with Crippen molar-refractivity contribution in [1.82, 2.24) is 5.32 Å². The van der Waals surface area contributed by atoms with Crippen LogP contribution in [-0.2, 0) is 9.59 Å². The molecule has 0 aliphatic carbocycles. The Hall–Kier alpha value is -2.08. The van der Waals surface area contributed by atoms with Crippen molar-refractivity contribution in [1.29, 1.82) is 0 Å². The fourth-order valence-electron chi connectivity index (χ4n) is 1.96. The summed E-state index contributed by atoms with van der Waals surface area (Å²) in [6, 6.07) is 6.96. The zero-order valence-corrected chi connectivity index (χ0v) is 12.9. The Kier molecular flexibility index (Phi) is 7.25. The van der Waals surface area contributed by atoms with Gasteiger partial charge in [0.25, 0.3) is 0 Å². The van der Waals surface area contributed by atoms with Gasteiger partial charge in [-0.05, 0) is 26.0 Å². The Bertz CT molecular complexity index is 473. The average Bonchev–Trinajstić information content (AvgIpc) is 2.51. The molecule has 0 bridgehead atoms. The van der Waals surface area contributed by atoms with Crippen molar-refractivity contribution in [2.75, 3.05) is 38.6 Å². The van der Waals surface area contributed by atoms with Gasteiger partial charge < -0.3 is 20.3 Å². The number of carbonyl (C=O) groups is 2. The maximum absolute atomic E-state index is 11.8. The van der Waals surface area contributed by atoms with Gasteiger partial charge in [-0.3, -0.25) is 9.59 Å². The molecule has 6 heteroatoms. The second kappa shape index (κ2) is 8.97. The number of quaternary nitrogens is 1. The predicted octanol–water partition coefficient (Wildman–Crippen LogP) is -0.325. The Morgan fingerprint density at radius 2 is 1.81 bits per heavy atom. The number of carbonyl (C=O) groups excluding carboxylic acids is 2. The number of hydrogen-bond acceptors (Lipinski definition) is 3. The molecule has 0 spiro atoms. The standard InChI is InChI=1S/C15H23N3O3/c1-4-18(5-2)11-10-16-14(19)15(20)17-12-8-6-7-9-13(12)21-3/h6-9H,4-5,10-11H2,1-3H3,(H,16,19)(H,17,20)/p+1. The molecule has 1 rings (SSSR count). The zero-order valence-electron chi connectivity index (χ0n) is 12.9. The minimum Gasteiger partial charge on any atom is -0.495 e. The molecule has 0 fully saturated rings. The van der Waals surface area contributed by atoms with Gasteiger partial charge in [0.1, 0.15) is 5.75 Å². The number of nitrogens with one attached hydrogen (secondary N) is 3. The van der Waals surface area contributed by atoms with Crippen LogP contribution in [0.15, 0.2) is 24.3 Å². The lowest BCUT2D eigenvalue weighted by Crippen LogP contribution is -3.12. The van der Waals surface area contributed by atoms with Crippen LogP contribution in [0.4, 0.5) is 5.69 Å². The van der Waals surface area contributed by atoms with Crippen LogP contribution in [0.25, 0.3) is 0 Å². The third-order valence-corrected chi connectivity index (χ3v) is 3.33. The highest BCUT2D eigenvalue weighted by atomic mass is 16.5. The lowest BCUT2D eigenvalue weighted by molar-refractivity contribution is -0.895. The molecule has 3 N–H and O–H groups in total. The van der Waals surface area contributed by atoms with Gasteiger partial charge in [-0.2, -0.15) is 0 Å². The molecule has 0 atom stereocenters. The summed E-state index contributed by atoms with van der Waals surface area (Å²) in [5.41, 5.74) is 0.481. The summed E-state index contributed by atoms with van der Waals surface area (Å²) in [6.07, 6.45) is 0. The summed E-state index contributed by atoms with van der Waals surface area (Å²) in [4.78, 5) is 24.9. The van der Waals surface area contributed by atoms with Crippen molar-refractivity contribution < 1.29 is 19.2 Å². The Balaban J connectivity index is 2.46. The smallest absolute Gasteiger partial charge is 0.313 e. The fraction of sp³-hybridized carbons (Fsp3) is 0.467. The summed E-state index contributed by atoms with van der Waals surface area (Å²) >= 11 is 0. The van der Waals surface area contributed by atoms with Crippen molar-refractivity contribution in [2.24, 2.45) is 0 Å². The summed E-state index contributed by atoms with van der Waals surface area (Å²) in [5, 5.41) is 5.17. The fourth-order valence-corrected chi connectivity index (χ4v) is 1.96. The van der Waals surface area contributed by atoms with E-state index < -0.39 is 11.8 Å². The molecule has 1 aromatic rings. The minimum atomic E-state index is -0.686. The first-order chi connectivity index (χ1) is 10.1. The maximum atomic E-state index is 11.8. The second-order valence-electron chi connectivity index (χ2n) is 4.62. The van der Waals surface area contributed by atoms with E-state index in [4.69, 9.17) is 4.74 Å². The molecule has 0 unspecified atom stereocenters. The largest absolute Gasteiger partial charge is 0.495 e. The lowest BCUT2D eigenvalue weighted by atomic mass is 10.3. The van der Waals surface area contributed by atoms with Crippen LogP contribution in [-0.4, -0.2) is 45.1 Å². The number of ether oxygens (including phenoxy) is 1. The van der Waals surface area contributed by atoms with Crippen LogP contribution in [0.3, 0.4) is 0 Å². The minimum absolute atomic E-state index is 0.481. The van der Waals surface area contributed by atoms with E-state index in [0.717, 1.165) is 19.6 Å². The Labute approximate surface area is 125 Å². The van der Waals surface area contributed by atoms with Crippen LogP contribution in [0.1, 0.15) is 13.8 Å². The van der Waals surface area contributed by atoms with Gasteiger partial charge >= 0.3 is 11.8 Å². The third-order valence-electron chi connectivity index (χ3n) is 3.33. The quantitative estimate of drug-likeness (QED) is 0.603. The van der Waals surface area contributed by atoms with Gasteiger partial charge in [0.2, 0.25) is 0 Å². The van der Waals surface area contributed by atoms with Crippen LogP contribution in [0.2, 0.25) is 0 Å². The highest BCUT2D eigenvalue weighted by Crippen LogP contribution is 2.22. The molecule has 6 nitrogen and oxygen atoms in total. The van der Waals surface area contributed by atoms with E-state index in [1.807, 2.05) is 0 Å². The molecule has 0 heterocycles. The number of anilines is 1. The zero-order chi connectivity index (χ0) is 15.7. The normalized spacial score (nSPS) is 10.3. The number of rotatable bonds is 7. The van der Waals surface area contributed by atoms with E-state index in [9.17, 15) is 9.59 Å². The highest BCUT2D eigenvalue weighted by Gasteiger charge is 2.15. The highest BCUT2D eigenvalue weighted by molar-refractivity contribution is 6.39. The number of methoxy groups -OCH3 is 1. The van der Waals surface area contributed by atoms with E-state index in [0.29, 0.717) is 18.0 Å². The predicted molar refractivity (Wildman–Crippen MR) is 81.5 cm³/mol. The monoisotopic (exact) mass is 294 g/mol. The van der Waals surface area contributed by atoms with Gasteiger partial charge in [-0.25, -0.2) is 0 Å². The molecule has 0 saturated carbocycles. The molecule has 2 amide bonds. The van der Waals surface area contributed by atoms with E-state index in [1.165, 1.54) is 12.0 Å². The van der Waals surface area contributed by atoms with Crippen LogP contribution in [0.5, 0.6) is 5.75 Å². The first-order valence-electron chi connectivity index (χ1n) is 7.18. The molecule has 0 aliphatic heterocycles. The summed E-state index contributed by atoms with van der Waals surface area (Å²) in [5.74, 6) is -0.798. The molecular weight excluding hydrogens is 270 g/mol. The SMILES string of the molecule is CC[NH+](CC)CCNC(=O)C(=O)Nc1ccccc1OC. The number of likely N-dealkylation sites (N-methyl/N-ethyl adjacent to an activating group) is 1. The Morgan fingerprint density at radius 3 is 2.43 bits per heavy atom. The van der Waals surface area contributed by atoms with Crippen molar-refractivity contribution in [3.05, 3.63) is 24.3 Å². The summed E-state index contributed by atoms with van der Waals surface area (Å²) in [7, 11) is 1.51. The first-order valence-corrected chi connectivity index (χ1v) is 7.18. The number of para-hydroxylation sites is 2. The van der Waals surface area contributed by atoms with Gasteiger partial charge in [0.05, 0.1) is 39.0 Å². The molecule has 116 valence electrons. The number of benzene rings is 1. The van der Waals surface area contributed by atoms with Gasteiger partial charge in [0, 0.05) is 0 Å². The van der Waals surface area contributed by atoms with Crippen molar-refractivity contribution in [2.45, 2.75) is 13.8 Å². The molecule has 0 radical (unpaired) electrons. The van der Waals surface area contributed by atoms with Crippen molar-refractivity contribution in [3.63, 3.8) is 0 Å². The summed E-state index contributed by atoms with van der Waals surface area (Å²) in [6.45, 7) is 7.47. The van der Waals surface area contributed by atoms with Gasteiger partial charge in [-0.1, -0.05) is 12.1 Å². The molecule has 0 aliphatic rings. The van der Waals surface area contributed by atoms with E-state index in [2.05, 4.69) is 24.5 Å². The summed E-state index contributed by atoms with van der Waals surface area (Å²) < 4.78 is 5.12. The van der Waals surface area contributed by atoms with Gasteiger partial charge in [0.15, 0.2) is 0 Å². The van der Waals surface area contributed by atoms with E-state index >= 15 is 0 Å². The van der Waals surface area contributed by atoms with Gasteiger partial charge in [-0.15, -0.1) is 0 Å². The van der Waals surface area contributed by atoms with Crippen LogP contribution < -0.4 is 20.3 Å². The number of hydrogen-bond donors (Lipinski definition) is 3. The van der Waals surface area contributed by atoms with E-state index in [-0.39, 0.29) is 0 Å². The Morgan fingerprint density at radius 1 is 1.14 bits per heavy atom. The first kappa shape index (κ1) is 17.0. The third kappa shape index (κ3) is 5.43. The van der Waals surface area contributed by atoms with Crippen LogP contribution in [0, 0.1) is 0 Å². The van der Waals surface area contributed by atoms with Crippen molar-refractivity contribution in [3.8, 4) is 5.75 Å². The maximum Gasteiger partial charge on any atom is 0.313 e. The molecular formula is C15H24N3O3+. The second-order valence-corrected chi connectivity index (χ2v) is 4.62. The average molecular weight is 294 g/mol. The molecule has 0 saturated heterocycles. The van der Waals surface area contributed by atoms with Crippen LogP contribution >= 0.6 is 0 Å². The number of amides is 2. The molecule has 21 heavy (non-hydrogen) atoms. The topological polar surface area (TPSA) is 71.9 Å². The lowest BCUT2D eigenvalue weighted by Gasteiger charge is -2.15. The van der Waals surface area contributed by atoms with Crippen molar-refractivity contribution >= 4 is 17.5 Å². The van der Waals surface area contributed by atoms with E-state index in [1.54, 1.807) is 24.3 Å². The molecule has 0 aromatic heterocycles. The molecule has 1 aromatic carbocycles.